The van der Waals surface area contributed by atoms with Gasteiger partial charge < -0.3 is 15.3 Å². The monoisotopic (exact) mass is 313 g/mol. The van der Waals surface area contributed by atoms with Crippen LogP contribution in [0.4, 0.5) is 4.79 Å². The second-order valence-electron chi connectivity index (χ2n) is 5.33. The van der Waals surface area contributed by atoms with Crippen molar-refractivity contribution < 1.29 is 14.7 Å². The van der Waals surface area contributed by atoms with Crippen LogP contribution in [0.25, 0.3) is 0 Å². The Morgan fingerprint density at radius 1 is 1.18 bits per heavy atom. The quantitative estimate of drug-likeness (QED) is 0.649. The molecule has 0 aromatic carbocycles. The molecule has 7 heteroatoms. The zero-order valence-electron chi connectivity index (χ0n) is 13.5. The van der Waals surface area contributed by atoms with E-state index in [-0.39, 0.29) is 5.88 Å². The van der Waals surface area contributed by atoms with Crippen molar-refractivity contribution in [3.05, 3.63) is 16.7 Å². The number of aryl methyl sites for hydroxylation is 1. The van der Waals surface area contributed by atoms with Crippen LogP contribution in [0.15, 0.2) is 11.0 Å². The molecule has 0 aliphatic rings. The first-order valence-corrected chi connectivity index (χ1v) is 8.07. The number of unbranched alkanes of at least 4 members (excludes halogenated alkanes) is 5. The minimum atomic E-state index is -0.735. The van der Waals surface area contributed by atoms with E-state index in [0.29, 0.717) is 17.8 Å². The van der Waals surface area contributed by atoms with Gasteiger partial charge in [0.1, 0.15) is 0 Å². The van der Waals surface area contributed by atoms with Gasteiger partial charge in [0, 0.05) is 13.1 Å². The topological polar surface area (TPSA) is 85.5 Å². The smallest absolute Gasteiger partial charge is 0.432 e. The fourth-order valence-corrected chi connectivity index (χ4v) is 2.07. The summed E-state index contributed by atoms with van der Waals surface area (Å²) in [5.41, 5.74) is -0.552. The van der Waals surface area contributed by atoms with Gasteiger partial charge in [0.15, 0.2) is 0 Å². The summed E-state index contributed by atoms with van der Waals surface area (Å²) in [6.45, 7) is 5.13. The summed E-state index contributed by atoms with van der Waals surface area (Å²) in [7, 11) is 0. The lowest BCUT2D eigenvalue weighted by molar-refractivity contribution is 0.115. The molecule has 1 rings (SSSR count). The third-order valence-corrected chi connectivity index (χ3v) is 3.38. The standard InChI is InChI=1S/C15H27N3O4/c1-3-5-7-8-9-10-16-14(20)22-18-13(19)12-17(15(18)21)11-6-4-2/h12,19H,3-11H2,1-2H3,(H,16,20). The van der Waals surface area contributed by atoms with E-state index in [9.17, 15) is 14.7 Å². The molecule has 7 nitrogen and oxygen atoms in total. The van der Waals surface area contributed by atoms with Gasteiger partial charge in [-0.25, -0.2) is 9.59 Å². The predicted molar refractivity (Wildman–Crippen MR) is 84.0 cm³/mol. The van der Waals surface area contributed by atoms with Crippen LogP contribution in [0.5, 0.6) is 5.88 Å². The minimum absolute atomic E-state index is 0.376. The summed E-state index contributed by atoms with van der Waals surface area (Å²) >= 11 is 0. The maximum absolute atomic E-state index is 11.9. The largest absolute Gasteiger partial charge is 0.491 e. The van der Waals surface area contributed by atoms with Crippen LogP contribution in [0.2, 0.25) is 0 Å². The Morgan fingerprint density at radius 3 is 2.55 bits per heavy atom. The SMILES string of the molecule is CCCCCCCNC(=O)On1c(O)cn(CCCC)c1=O. The lowest BCUT2D eigenvalue weighted by Crippen LogP contribution is -2.38. The van der Waals surface area contributed by atoms with Gasteiger partial charge in [-0.3, -0.25) is 4.57 Å². The maximum Gasteiger partial charge on any atom is 0.432 e. The average molecular weight is 313 g/mol. The van der Waals surface area contributed by atoms with Gasteiger partial charge in [-0.1, -0.05) is 50.7 Å². The molecule has 0 aliphatic carbocycles. The highest BCUT2D eigenvalue weighted by atomic mass is 16.7. The number of rotatable bonds is 10. The highest BCUT2D eigenvalue weighted by Crippen LogP contribution is 2.05. The second kappa shape index (κ2) is 9.92. The van der Waals surface area contributed by atoms with Gasteiger partial charge in [-0.2, -0.15) is 0 Å². The Kier molecular flexibility index (Phi) is 8.17. The molecule has 1 amide bonds. The van der Waals surface area contributed by atoms with Crippen LogP contribution >= 0.6 is 0 Å². The van der Waals surface area contributed by atoms with Crippen LogP contribution in [0.1, 0.15) is 58.8 Å². The number of carbonyl (C=O) groups excluding carboxylic acids is 1. The Balaban J connectivity index is 2.41. The molecule has 1 aromatic heterocycles. The molecule has 1 heterocycles. The Labute approximate surface area is 130 Å². The molecule has 0 atom stereocenters. The minimum Gasteiger partial charge on any atom is -0.491 e. The lowest BCUT2D eigenvalue weighted by atomic mass is 10.1. The van der Waals surface area contributed by atoms with Crippen molar-refractivity contribution in [3.8, 4) is 5.88 Å². The van der Waals surface area contributed by atoms with Gasteiger partial charge in [0.25, 0.3) is 0 Å². The van der Waals surface area contributed by atoms with Gasteiger partial charge >= 0.3 is 11.8 Å². The Morgan fingerprint density at radius 2 is 1.86 bits per heavy atom. The number of amides is 1. The van der Waals surface area contributed by atoms with Crippen molar-refractivity contribution in [1.29, 1.82) is 0 Å². The van der Waals surface area contributed by atoms with Crippen molar-refractivity contribution >= 4 is 6.09 Å². The summed E-state index contributed by atoms with van der Waals surface area (Å²) in [4.78, 5) is 28.4. The van der Waals surface area contributed by atoms with Crippen molar-refractivity contribution in [1.82, 2.24) is 14.6 Å². The molecule has 126 valence electrons. The van der Waals surface area contributed by atoms with E-state index >= 15 is 0 Å². The number of nitrogens with one attached hydrogen (secondary N) is 1. The molecule has 0 fully saturated rings. The van der Waals surface area contributed by atoms with Crippen LogP contribution in [0.3, 0.4) is 0 Å². The van der Waals surface area contributed by atoms with Crippen LogP contribution in [0, 0.1) is 0 Å². The Bertz CT molecular complexity index is 507. The summed E-state index contributed by atoms with van der Waals surface area (Å²) in [6.07, 6.45) is 7.71. The summed E-state index contributed by atoms with van der Waals surface area (Å²) in [5.74, 6) is -0.376. The lowest BCUT2D eigenvalue weighted by Gasteiger charge is -2.06. The normalized spacial score (nSPS) is 10.6. The van der Waals surface area contributed by atoms with E-state index in [1.165, 1.54) is 23.6 Å². The number of hydrogen-bond donors (Lipinski definition) is 2. The van der Waals surface area contributed by atoms with Crippen molar-refractivity contribution in [2.75, 3.05) is 6.54 Å². The van der Waals surface area contributed by atoms with E-state index in [1.807, 2.05) is 6.92 Å². The van der Waals surface area contributed by atoms with E-state index in [4.69, 9.17) is 4.84 Å². The number of hydrogen-bond acceptors (Lipinski definition) is 4. The zero-order valence-corrected chi connectivity index (χ0v) is 13.5. The molecular formula is C15H27N3O4. The first-order valence-electron chi connectivity index (χ1n) is 8.07. The van der Waals surface area contributed by atoms with Crippen LogP contribution in [-0.2, 0) is 6.54 Å². The number of carbonyl (C=O) groups is 1. The fraction of sp³-hybridized carbons (Fsp3) is 0.733. The Hall–Kier alpha value is -1.92. The number of nitrogens with zero attached hydrogens (tertiary/aromatic N) is 2. The molecule has 0 radical (unpaired) electrons. The van der Waals surface area contributed by atoms with E-state index in [1.54, 1.807) is 0 Å². The third-order valence-electron chi connectivity index (χ3n) is 3.38. The second-order valence-corrected chi connectivity index (χ2v) is 5.33. The van der Waals surface area contributed by atoms with Crippen LogP contribution in [-0.4, -0.2) is 27.0 Å². The first-order chi connectivity index (χ1) is 10.6. The first kappa shape index (κ1) is 18.1. The van der Waals surface area contributed by atoms with Crippen molar-refractivity contribution in [2.24, 2.45) is 0 Å². The van der Waals surface area contributed by atoms with Gasteiger partial charge in [-0.15, -0.1) is 0 Å². The number of aromatic nitrogens is 2. The van der Waals surface area contributed by atoms with E-state index in [2.05, 4.69) is 12.2 Å². The average Bonchev–Trinajstić information content (AvgIpc) is 2.76. The fourth-order valence-electron chi connectivity index (χ4n) is 2.07. The summed E-state index contributed by atoms with van der Waals surface area (Å²) < 4.78 is 1.94. The van der Waals surface area contributed by atoms with Gasteiger partial charge in [0.05, 0.1) is 6.20 Å². The molecule has 0 bridgehead atoms. The maximum atomic E-state index is 11.9. The number of imidazole rings is 1. The van der Waals surface area contributed by atoms with Gasteiger partial charge in [-0.05, 0) is 12.8 Å². The van der Waals surface area contributed by atoms with Crippen LogP contribution < -0.4 is 15.8 Å². The highest BCUT2D eigenvalue weighted by Gasteiger charge is 2.14. The molecule has 1 aromatic rings. The summed E-state index contributed by atoms with van der Waals surface area (Å²) in [6, 6.07) is 0. The van der Waals surface area contributed by atoms with E-state index < -0.39 is 11.8 Å². The molecule has 0 unspecified atom stereocenters. The van der Waals surface area contributed by atoms with Crippen molar-refractivity contribution in [2.45, 2.75) is 65.3 Å². The molecular weight excluding hydrogens is 286 g/mol. The molecule has 22 heavy (non-hydrogen) atoms. The third kappa shape index (κ3) is 5.83. The van der Waals surface area contributed by atoms with Crippen molar-refractivity contribution in [3.63, 3.8) is 0 Å². The highest BCUT2D eigenvalue weighted by molar-refractivity contribution is 5.67. The summed E-state index contributed by atoms with van der Waals surface area (Å²) in [5, 5.41) is 12.2. The molecule has 0 saturated heterocycles. The van der Waals surface area contributed by atoms with E-state index in [0.717, 1.165) is 32.1 Å². The number of aromatic hydroxyl groups is 1. The predicted octanol–water partition coefficient (Wildman–Crippen LogP) is 2.26. The molecule has 0 spiro atoms. The molecule has 2 N–H and O–H groups in total. The van der Waals surface area contributed by atoms with Gasteiger partial charge in [0.2, 0.25) is 5.88 Å². The molecule has 0 aliphatic heterocycles. The zero-order chi connectivity index (χ0) is 16.4. The molecule has 0 saturated carbocycles.